The number of hydrogen-bond donors (Lipinski definition) is 8. The number of benzene rings is 2. The first-order valence-corrected chi connectivity index (χ1v) is 12.4. The Balaban J connectivity index is 1.52. The summed E-state index contributed by atoms with van der Waals surface area (Å²) >= 11 is 0. The fourth-order valence-electron chi connectivity index (χ4n) is 4.65. The topological polar surface area (TPSA) is 173 Å². The van der Waals surface area contributed by atoms with E-state index >= 15 is 0 Å². The van der Waals surface area contributed by atoms with Crippen LogP contribution in [0.3, 0.4) is 0 Å². The third kappa shape index (κ3) is 6.72. The van der Waals surface area contributed by atoms with Crippen LogP contribution in [0.25, 0.3) is 0 Å². The summed E-state index contributed by atoms with van der Waals surface area (Å²) in [5.74, 6) is 0. The van der Waals surface area contributed by atoms with Gasteiger partial charge in [-0.25, -0.2) is 0 Å². The molecule has 0 bridgehead atoms. The molecule has 4 rings (SSSR count). The third-order valence-electron chi connectivity index (χ3n) is 6.77. The van der Waals surface area contributed by atoms with Crippen molar-refractivity contribution in [1.82, 2.24) is 10.6 Å². The Morgan fingerprint density at radius 3 is 1.78 bits per heavy atom. The van der Waals surface area contributed by atoms with Crippen molar-refractivity contribution in [2.24, 2.45) is 0 Å². The molecule has 2 aromatic rings. The predicted molar refractivity (Wildman–Crippen MR) is 131 cm³/mol. The van der Waals surface area contributed by atoms with Crippen molar-refractivity contribution in [3.8, 4) is 0 Å². The minimum absolute atomic E-state index is 0.409. The second kappa shape index (κ2) is 13.2. The van der Waals surface area contributed by atoms with Crippen LogP contribution in [0.4, 0.5) is 0 Å². The third-order valence-corrected chi connectivity index (χ3v) is 6.77. The van der Waals surface area contributed by atoms with Crippen LogP contribution >= 0.6 is 0 Å². The summed E-state index contributed by atoms with van der Waals surface area (Å²) in [7, 11) is 0. The van der Waals surface area contributed by atoms with Crippen LogP contribution < -0.4 is 10.6 Å². The van der Waals surface area contributed by atoms with E-state index in [1.165, 1.54) is 0 Å². The molecule has 2 saturated heterocycles. The van der Waals surface area contributed by atoms with Crippen molar-refractivity contribution >= 4 is 0 Å². The molecule has 0 saturated carbocycles. The number of rotatable bonds is 10. The Bertz CT molecular complexity index is 938. The smallest absolute Gasteiger partial charge is 0.187 e. The Hall–Kier alpha value is -2.00. The molecule has 8 N–H and O–H groups in total. The summed E-state index contributed by atoms with van der Waals surface area (Å²) in [6, 6.07) is 18.5. The zero-order chi connectivity index (χ0) is 26.4. The zero-order valence-corrected chi connectivity index (χ0v) is 20.3. The molecule has 2 fully saturated rings. The second-order valence-corrected chi connectivity index (χ2v) is 9.33. The average Bonchev–Trinajstić information content (AvgIpc) is 2.93. The van der Waals surface area contributed by atoms with Crippen molar-refractivity contribution in [2.75, 3.05) is 13.2 Å². The zero-order valence-electron chi connectivity index (χ0n) is 20.3. The van der Waals surface area contributed by atoms with E-state index in [1.54, 1.807) is 0 Å². The Morgan fingerprint density at radius 1 is 0.649 bits per heavy atom. The molecule has 37 heavy (non-hydrogen) atoms. The molecule has 2 aliphatic rings. The molecule has 2 aliphatic heterocycles. The monoisotopic (exact) mass is 520 g/mol. The molecule has 0 amide bonds. The van der Waals surface area contributed by atoms with E-state index in [2.05, 4.69) is 10.6 Å². The summed E-state index contributed by atoms with van der Waals surface area (Å²) < 4.78 is 17.4. The lowest BCUT2D eigenvalue weighted by Crippen LogP contribution is -2.69. The lowest BCUT2D eigenvalue weighted by molar-refractivity contribution is -0.337. The van der Waals surface area contributed by atoms with E-state index in [0.29, 0.717) is 13.1 Å². The van der Waals surface area contributed by atoms with Crippen LogP contribution in [0.2, 0.25) is 0 Å². The lowest BCUT2D eigenvalue weighted by Gasteiger charge is -2.47. The molecule has 0 spiro atoms. The van der Waals surface area contributed by atoms with E-state index in [-0.39, 0.29) is 0 Å². The molecule has 2 heterocycles. The Kier molecular flexibility index (Phi) is 9.98. The first-order chi connectivity index (χ1) is 17.9. The maximum absolute atomic E-state index is 11.4. The number of hydrogen-bond acceptors (Lipinski definition) is 11. The molecule has 2 aromatic carbocycles. The summed E-state index contributed by atoms with van der Waals surface area (Å²) in [5.41, 5.74) is 1.98. The van der Waals surface area contributed by atoms with Crippen LogP contribution in [0.1, 0.15) is 11.1 Å². The SMILES string of the molecule is OCC1O[C@@H](O[C@H]2C(CO)O[C@@H](NCc3ccccc3)[C@H](NCc3ccccc3)C2O)[C@H](O)C(O)[C@H]1O. The van der Waals surface area contributed by atoms with Gasteiger partial charge in [-0.15, -0.1) is 0 Å². The van der Waals surface area contributed by atoms with Gasteiger partial charge < -0.3 is 50.2 Å². The van der Waals surface area contributed by atoms with Crippen LogP contribution in [-0.4, -0.2) is 105 Å². The van der Waals surface area contributed by atoms with Crippen molar-refractivity contribution in [3.63, 3.8) is 0 Å². The molecule has 0 aromatic heterocycles. The van der Waals surface area contributed by atoms with Crippen LogP contribution in [0.15, 0.2) is 60.7 Å². The van der Waals surface area contributed by atoms with Gasteiger partial charge in [-0.05, 0) is 11.1 Å². The predicted octanol–water partition coefficient (Wildman–Crippen LogP) is -1.80. The fraction of sp³-hybridized carbons (Fsp3) is 0.538. The highest BCUT2D eigenvalue weighted by molar-refractivity contribution is 5.16. The number of aliphatic hydroxyl groups excluding tert-OH is 6. The number of nitrogens with one attached hydrogen (secondary N) is 2. The molecule has 0 radical (unpaired) electrons. The van der Waals surface area contributed by atoms with E-state index in [0.717, 1.165) is 11.1 Å². The maximum Gasteiger partial charge on any atom is 0.187 e. The second-order valence-electron chi connectivity index (χ2n) is 9.33. The molecule has 11 nitrogen and oxygen atoms in total. The molecule has 11 heteroatoms. The van der Waals surface area contributed by atoms with Gasteiger partial charge in [0.15, 0.2) is 6.29 Å². The van der Waals surface area contributed by atoms with Gasteiger partial charge in [0, 0.05) is 13.1 Å². The largest absolute Gasteiger partial charge is 0.394 e. The highest BCUT2D eigenvalue weighted by Gasteiger charge is 2.50. The lowest BCUT2D eigenvalue weighted by atomic mass is 9.94. The summed E-state index contributed by atoms with van der Waals surface area (Å²) in [5, 5.41) is 68.2. The van der Waals surface area contributed by atoms with E-state index in [9.17, 15) is 30.6 Å². The van der Waals surface area contributed by atoms with Gasteiger partial charge in [0.25, 0.3) is 0 Å². The standard InChI is InChI=1S/C26H36N2O9/c29-13-17-20(31)22(33)23(34)26(36-17)37-24-18(14-30)35-25(28-12-16-9-5-2-6-10-16)19(21(24)32)27-11-15-7-3-1-4-8-15/h1-10,17-34H,11-14H2/t17?,18?,19-,20+,21?,22?,23-,24+,25-,26+/m1/s1. The van der Waals surface area contributed by atoms with Gasteiger partial charge in [0.05, 0.1) is 19.3 Å². The Labute approximate surface area is 215 Å². The first-order valence-electron chi connectivity index (χ1n) is 12.4. The van der Waals surface area contributed by atoms with Gasteiger partial charge in [0.1, 0.15) is 49.0 Å². The molecule has 4 unspecified atom stereocenters. The molecule has 0 aliphatic carbocycles. The van der Waals surface area contributed by atoms with Gasteiger partial charge in [-0.3, -0.25) is 5.32 Å². The van der Waals surface area contributed by atoms with Crippen LogP contribution in [0, 0.1) is 0 Å². The van der Waals surface area contributed by atoms with E-state index < -0.39 is 74.5 Å². The molecule has 204 valence electrons. The molecular weight excluding hydrogens is 484 g/mol. The fourth-order valence-corrected chi connectivity index (χ4v) is 4.65. The molecular formula is C26H36N2O9. The van der Waals surface area contributed by atoms with E-state index in [1.807, 2.05) is 60.7 Å². The van der Waals surface area contributed by atoms with Crippen molar-refractivity contribution in [2.45, 2.75) is 74.4 Å². The van der Waals surface area contributed by atoms with Gasteiger partial charge in [0.2, 0.25) is 0 Å². The highest BCUT2D eigenvalue weighted by atomic mass is 16.7. The Morgan fingerprint density at radius 2 is 1.22 bits per heavy atom. The van der Waals surface area contributed by atoms with E-state index in [4.69, 9.17) is 14.2 Å². The van der Waals surface area contributed by atoms with Crippen LogP contribution in [-0.2, 0) is 27.3 Å². The van der Waals surface area contributed by atoms with Crippen molar-refractivity contribution in [1.29, 1.82) is 0 Å². The normalized spacial score (nSPS) is 36.4. The van der Waals surface area contributed by atoms with Crippen molar-refractivity contribution < 1.29 is 44.8 Å². The minimum Gasteiger partial charge on any atom is -0.394 e. The summed E-state index contributed by atoms with van der Waals surface area (Å²) in [6.45, 7) is -0.275. The summed E-state index contributed by atoms with van der Waals surface area (Å²) in [6.07, 6.45) is -11.7. The van der Waals surface area contributed by atoms with Gasteiger partial charge in [-0.1, -0.05) is 60.7 Å². The average molecular weight is 521 g/mol. The van der Waals surface area contributed by atoms with Crippen molar-refractivity contribution in [3.05, 3.63) is 71.8 Å². The number of ether oxygens (including phenoxy) is 3. The molecule has 10 atom stereocenters. The highest BCUT2D eigenvalue weighted by Crippen LogP contribution is 2.29. The quantitative estimate of drug-likeness (QED) is 0.178. The van der Waals surface area contributed by atoms with Gasteiger partial charge >= 0.3 is 0 Å². The van der Waals surface area contributed by atoms with Gasteiger partial charge in [-0.2, -0.15) is 0 Å². The minimum atomic E-state index is -1.66. The maximum atomic E-state index is 11.4. The number of aliphatic hydroxyl groups is 6. The summed E-state index contributed by atoms with van der Waals surface area (Å²) in [4.78, 5) is 0. The van der Waals surface area contributed by atoms with Crippen LogP contribution in [0.5, 0.6) is 0 Å². The first kappa shape index (κ1) is 28.0.